The fourth-order valence-electron chi connectivity index (χ4n) is 2.31. The van der Waals surface area contributed by atoms with Crippen molar-refractivity contribution in [1.29, 1.82) is 0 Å². The lowest BCUT2D eigenvalue weighted by Crippen LogP contribution is -2.13. The van der Waals surface area contributed by atoms with Crippen LogP contribution < -0.4 is 10.1 Å². The number of hydrogen-bond donors (Lipinski definition) is 1. The Balaban J connectivity index is 2.42. The van der Waals surface area contributed by atoms with Gasteiger partial charge in [0, 0.05) is 31.8 Å². The van der Waals surface area contributed by atoms with E-state index in [0.29, 0.717) is 23.9 Å². The highest BCUT2D eigenvalue weighted by atomic mass is 35.5. The van der Waals surface area contributed by atoms with E-state index in [-0.39, 0.29) is 12.0 Å². The molecule has 0 saturated carbocycles. The highest BCUT2D eigenvalue weighted by Crippen LogP contribution is 2.29. The van der Waals surface area contributed by atoms with Gasteiger partial charge in [-0.15, -0.1) is 11.6 Å². The maximum atomic E-state index is 12.1. The van der Waals surface area contributed by atoms with Gasteiger partial charge in [-0.25, -0.2) is 4.79 Å². The van der Waals surface area contributed by atoms with Gasteiger partial charge in [-0.2, -0.15) is 0 Å². The molecule has 0 aliphatic carbocycles. The van der Waals surface area contributed by atoms with Gasteiger partial charge in [-0.05, 0) is 19.1 Å². The molecule has 1 N–H and O–H groups in total. The second-order valence-corrected chi connectivity index (χ2v) is 5.08. The van der Waals surface area contributed by atoms with Crippen LogP contribution in [0, 0.1) is 0 Å². The molecular formula is C17H20ClN3O3. The van der Waals surface area contributed by atoms with Gasteiger partial charge in [0.05, 0.1) is 12.1 Å². The molecule has 0 amide bonds. The number of benzene rings is 1. The minimum Gasteiger partial charge on any atom is -0.461 e. The number of para-hydroxylation sites is 1. The van der Waals surface area contributed by atoms with Crippen LogP contribution in [-0.4, -0.2) is 36.4 Å². The Labute approximate surface area is 145 Å². The van der Waals surface area contributed by atoms with E-state index in [9.17, 15) is 4.79 Å². The van der Waals surface area contributed by atoms with E-state index >= 15 is 0 Å². The van der Waals surface area contributed by atoms with E-state index in [1.807, 2.05) is 18.2 Å². The molecule has 0 atom stereocenters. The average Bonchev–Trinajstić information content (AvgIpc) is 2.92. The van der Waals surface area contributed by atoms with Gasteiger partial charge in [0.1, 0.15) is 11.7 Å². The molecule has 0 aliphatic heterocycles. The van der Waals surface area contributed by atoms with Gasteiger partial charge in [0.15, 0.2) is 11.6 Å². The Bertz CT molecular complexity index is 781. The predicted molar refractivity (Wildman–Crippen MR) is 95.9 cm³/mol. The zero-order valence-corrected chi connectivity index (χ0v) is 14.6. The highest BCUT2D eigenvalue weighted by Gasteiger charge is 2.17. The van der Waals surface area contributed by atoms with Crippen molar-refractivity contribution in [3.63, 3.8) is 0 Å². The maximum absolute atomic E-state index is 12.1. The van der Waals surface area contributed by atoms with E-state index < -0.39 is 0 Å². The number of nitrogens with zero attached hydrogens (tertiary/aromatic N) is 2. The Morgan fingerprint density at radius 3 is 2.92 bits per heavy atom. The molecule has 0 aliphatic rings. The molecule has 0 radical (unpaired) electrons. The van der Waals surface area contributed by atoms with E-state index in [1.165, 1.54) is 0 Å². The minimum atomic E-state index is -0.360. The Morgan fingerprint density at radius 2 is 2.25 bits per heavy atom. The summed E-state index contributed by atoms with van der Waals surface area (Å²) in [5.41, 5.74) is 1.28. The molecule has 7 heteroatoms. The van der Waals surface area contributed by atoms with E-state index in [2.05, 4.69) is 10.3 Å². The number of carbonyl (C=O) groups excluding carboxylic acids is 1. The molecule has 0 spiro atoms. The molecule has 1 aromatic carbocycles. The summed E-state index contributed by atoms with van der Waals surface area (Å²) in [6.07, 6.45) is 3.24. The number of halogens is 1. The van der Waals surface area contributed by atoms with Crippen LogP contribution in [-0.2, 0) is 11.8 Å². The van der Waals surface area contributed by atoms with Crippen molar-refractivity contribution < 1.29 is 14.3 Å². The van der Waals surface area contributed by atoms with Gasteiger partial charge in [0.2, 0.25) is 0 Å². The first kappa shape index (κ1) is 17.9. The van der Waals surface area contributed by atoms with Crippen molar-refractivity contribution in [3.05, 3.63) is 41.9 Å². The van der Waals surface area contributed by atoms with Gasteiger partial charge in [-0.3, -0.25) is 4.99 Å². The van der Waals surface area contributed by atoms with Crippen molar-refractivity contribution in [2.45, 2.75) is 6.92 Å². The molecule has 0 saturated heterocycles. The summed E-state index contributed by atoms with van der Waals surface area (Å²) >= 11 is 5.51. The normalized spacial score (nSPS) is 11.9. The van der Waals surface area contributed by atoms with Crippen LogP contribution >= 0.6 is 11.6 Å². The molecule has 0 fully saturated rings. The standard InChI is InChI=1S/C17H20ClN3O3/c1-4-23-17(22)13-10-12-6-5-7-14(16(12)21(13)3)24-15(19-2)8-9-20-11-18/h5-10,19H,4,11H2,1-3H3/b15-8+,20-9-. The van der Waals surface area contributed by atoms with E-state index in [4.69, 9.17) is 21.1 Å². The number of ether oxygens (including phenoxy) is 2. The fourth-order valence-corrected chi connectivity index (χ4v) is 2.39. The van der Waals surface area contributed by atoms with Crippen LogP contribution in [0.2, 0.25) is 0 Å². The van der Waals surface area contributed by atoms with Gasteiger partial charge in [-0.1, -0.05) is 12.1 Å². The summed E-state index contributed by atoms with van der Waals surface area (Å²) in [5, 5.41) is 3.84. The van der Waals surface area contributed by atoms with Crippen molar-refractivity contribution >= 4 is 34.7 Å². The van der Waals surface area contributed by atoms with E-state index in [1.54, 1.807) is 43.9 Å². The molecule has 6 nitrogen and oxygen atoms in total. The number of fused-ring (bicyclic) bond motifs is 1. The molecular weight excluding hydrogens is 330 g/mol. The third kappa shape index (κ3) is 3.89. The zero-order chi connectivity index (χ0) is 17.5. The third-order valence-corrected chi connectivity index (χ3v) is 3.51. The Morgan fingerprint density at radius 1 is 1.46 bits per heavy atom. The lowest BCUT2D eigenvalue weighted by atomic mass is 10.2. The van der Waals surface area contributed by atoms with E-state index in [0.717, 1.165) is 10.9 Å². The van der Waals surface area contributed by atoms with Crippen LogP contribution in [0.15, 0.2) is 41.2 Å². The lowest BCUT2D eigenvalue weighted by molar-refractivity contribution is 0.0516. The molecule has 0 bridgehead atoms. The first-order chi connectivity index (χ1) is 11.6. The smallest absolute Gasteiger partial charge is 0.354 e. The largest absolute Gasteiger partial charge is 0.461 e. The number of carbonyl (C=O) groups is 1. The average molecular weight is 350 g/mol. The first-order valence-electron chi connectivity index (χ1n) is 7.49. The first-order valence-corrected chi connectivity index (χ1v) is 8.03. The van der Waals surface area contributed by atoms with Crippen molar-refractivity contribution in [2.75, 3.05) is 19.7 Å². The van der Waals surface area contributed by atoms with Crippen LogP contribution in [0.4, 0.5) is 0 Å². The number of aliphatic imine (C=N–C) groups is 1. The monoisotopic (exact) mass is 349 g/mol. The van der Waals surface area contributed by atoms with Gasteiger partial charge >= 0.3 is 5.97 Å². The van der Waals surface area contributed by atoms with Crippen molar-refractivity contribution in [2.24, 2.45) is 12.0 Å². The topological polar surface area (TPSA) is 64.8 Å². The third-order valence-electron chi connectivity index (χ3n) is 3.37. The zero-order valence-electron chi connectivity index (χ0n) is 13.9. The number of aryl methyl sites for hydroxylation is 1. The molecule has 2 rings (SSSR count). The number of nitrogens with one attached hydrogen (secondary N) is 1. The van der Waals surface area contributed by atoms with Crippen LogP contribution in [0.1, 0.15) is 17.4 Å². The summed E-state index contributed by atoms with van der Waals surface area (Å²) in [6, 6.07) is 7.60. The highest BCUT2D eigenvalue weighted by molar-refractivity contribution is 6.18. The number of esters is 1. The van der Waals surface area contributed by atoms with Crippen LogP contribution in [0.25, 0.3) is 10.9 Å². The molecule has 128 valence electrons. The summed E-state index contributed by atoms with van der Waals surface area (Å²) in [6.45, 7) is 2.11. The SMILES string of the molecule is CCOC(=O)c1cc2cccc(O/C(=C/C=N\CCl)NC)c2n1C. The number of rotatable bonds is 7. The van der Waals surface area contributed by atoms with Crippen LogP contribution in [0.5, 0.6) is 5.75 Å². The second kappa shape index (κ2) is 8.40. The van der Waals surface area contributed by atoms with Crippen molar-refractivity contribution in [1.82, 2.24) is 9.88 Å². The van der Waals surface area contributed by atoms with Crippen LogP contribution in [0.3, 0.4) is 0 Å². The number of allylic oxidation sites excluding steroid dienone is 1. The summed E-state index contributed by atoms with van der Waals surface area (Å²) < 4.78 is 12.8. The Kier molecular flexibility index (Phi) is 6.26. The number of alkyl halides is 1. The summed E-state index contributed by atoms with van der Waals surface area (Å²) in [4.78, 5) is 16.0. The lowest BCUT2D eigenvalue weighted by Gasteiger charge is -2.11. The molecule has 1 aromatic heterocycles. The van der Waals surface area contributed by atoms with Gasteiger partial charge < -0.3 is 19.4 Å². The Hall–Kier alpha value is -2.47. The maximum Gasteiger partial charge on any atom is 0.354 e. The molecule has 1 heterocycles. The predicted octanol–water partition coefficient (Wildman–Crippen LogP) is 3.06. The van der Waals surface area contributed by atoms with Gasteiger partial charge in [0.25, 0.3) is 0 Å². The van der Waals surface area contributed by atoms with Crippen molar-refractivity contribution in [3.8, 4) is 5.75 Å². The quantitative estimate of drug-likeness (QED) is 0.274. The minimum absolute atomic E-state index is 0.184. The second-order valence-electron chi connectivity index (χ2n) is 4.84. The number of aromatic nitrogens is 1. The summed E-state index contributed by atoms with van der Waals surface area (Å²) in [7, 11) is 3.55. The molecule has 2 aromatic rings. The summed E-state index contributed by atoms with van der Waals surface area (Å²) in [5.74, 6) is 0.765. The molecule has 0 unspecified atom stereocenters. The molecule has 24 heavy (non-hydrogen) atoms. The fraction of sp³-hybridized carbons (Fsp3) is 0.294. The number of hydrogen-bond acceptors (Lipinski definition) is 5.